The molecule has 0 spiro atoms. The molecule has 2 rings (SSSR count). The van der Waals surface area contributed by atoms with Gasteiger partial charge < -0.3 is 15.6 Å². The molecule has 3 N–H and O–H groups in total. The van der Waals surface area contributed by atoms with Crippen LogP contribution in [0.5, 0.6) is 5.75 Å². The smallest absolute Gasteiger partial charge is 0.137 e. The van der Waals surface area contributed by atoms with Crippen molar-refractivity contribution >= 4 is 5.82 Å². The van der Waals surface area contributed by atoms with Crippen molar-refractivity contribution in [1.29, 1.82) is 0 Å². The third-order valence-electron chi connectivity index (χ3n) is 2.83. The predicted molar refractivity (Wildman–Crippen MR) is 71.7 cm³/mol. The number of aromatic nitrogens is 3. The van der Waals surface area contributed by atoms with Gasteiger partial charge in [-0.1, -0.05) is 6.92 Å². The van der Waals surface area contributed by atoms with Crippen LogP contribution >= 0.6 is 0 Å². The monoisotopic (exact) mass is 262 g/mol. The van der Waals surface area contributed by atoms with Gasteiger partial charge in [-0.05, 0) is 12.5 Å². The first-order valence-electron chi connectivity index (χ1n) is 6.16. The molecular weight excluding hydrogens is 244 g/mol. The molecule has 0 aliphatic carbocycles. The van der Waals surface area contributed by atoms with Gasteiger partial charge in [-0.2, -0.15) is 5.10 Å². The second kappa shape index (κ2) is 5.71. The molecule has 1 atom stereocenters. The highest BCUT2D eigenvalue weighted by molar-refractivity contribution is 5.44. The van der Waals surface area contributed by atoms with Crippen molar-refractivity contribution in [2.24, 2.45) is 7.05 Å². The zero-order valence-electron chi connectivity index (χ0n) is 11.1. The zero-order valence-corrected chi connectivity index (χ0v) is 11.1. The molecular formula is C13H18N4O2. The van der Waals surface area contributed by atoms with Crippen LogP contribution in [0.2, 0.25) is 0 Å². The fourth-order valence-electron chi connectivity index (χ4n) is 1.74. The van der Waals surface area contributed by atoms with E-state index >= 15 is 0 Å². The fraction of sp³-hybridized carbons (Fsp3) is 0.385. The first-order valence-corrected chi connectivity index (χ1v) is 6.16. The van der Waals surface area contributed by atoms with Gasteiger partial charge in [-0.3, -0.25) is 9.67 Å². The highest BCUT2D eigenvalue weighted by Crippen LogP contribution is 2.27. The van der Waals surface area contributed by atoms with Crippen LogP contribution in [-0.2, 0) is 7.05 Å². The average molecular weight is 262 g/mol. The lowest BCUT2D eigenvalue weighted by atomic mass is 10.1. The Labute approximate surface area is 111 Å². The van der Waals surface area contributed by atoms with E-state index in [1.165, 1.54) is 4.68 Å². The Hall–Kier alpha value is -2.08. The minimum atomic E-state index is -0.855. The van der Waals surface area contributed by atoms with Crippen molar-refractivity contribution in [3.63, 3.8) is 0 Å². The van der Waals surface area contributed by atoms with Crippen LogP contribution in [0.4, 0.5) is 5.82 Å². The van der Waals surface area contributed by atoms with Gasteiger partial charge in [-0.15, -0.1) is 0 Å². The molecule has 0 radical (unpaired) electrons. The molecule has 0 fully saturated rings. The summed E-state index contributed by atoms with van der Waals surface area (Å²) in [6.07, 6.45) is 4.84. The maximum atomic E-state index is 10.3. The number of aliphatic hydroxyl groups excluding tert-OH is 1. The standard InChI is InChI=1S/C13H18N4O2/c1-3-4-19-10-5-9(6-15-7-10)12(18)11-8-16-17(2)13(11)14/h5-8,12,18H,3-4,14H2,1-2H3. The minimum absolute atomic E-state index is 0.437. The van der Waals surface area contributed by atoms with E-state index in [0.29, 0.717) is 29.3 Å². The normalized spacial score (nSPS) is 12.4. The van der Waals surface area contributed by atoms with Crippen molar-refractivity contribution in [3.05, 3.63) is 35.8 Å². The van der Waals surface area contributed by atoms with E-state index in [0.717, 1.165) is 6.42 Å². The molecule has 2 aromatic heterocycles. The summed E-state index contributed by atoms with van der Waals surface area (Å²) in [5.41, 5.74) is 7.05. The number of anilines is 1. The van der Waals surface area contributed by atoms with Crippen LogP contribution < -0.4 is 10.5 Å². The van der Waals surface area contributed by atoms with Gasteiger partial charge in [0, 0.05) is 24.4 Å². The number of nitrogens with two attached hydrogens (primary N) is 1. The van der Waals surface area contributed by atoms with Crippen LogP contribution in [-0.4, -0.2) is 26.5 Å². The molecule has 102 valence electrons. The first kappa shape index (κ1) is 13.4. The predicted octanol–water partition coefficient (Wildman–Crippen LogP) is 1.27. The molecule has 0 amide bonds. The summed E-state index contributed by atoms with van der Waals surface area (Å²) >= 11 is 0. The van der Waals surface area contributed by atoms with Crippen molar-refractivity contribution in [2.75, 3.05) is 12.3 Å². The van der Waals surface area contributed by atoms with Gasteiger partial charge in [0.15, 0.2) is 0 Å². The fourth-order valence-corrected chi connectivity index (χ4v) is 1.74. The van der Waals surface area contributed by atoms with Crippen LogP contribution in [0.3, 0.4) is 0 Å². The van der Waals surface area contributed by atoms with Gasteiger partial charge in [0.2, 0.25) is 0 Å². The third-order valence-corrected chi connectivity index (χ3v) is 2.83. The number of rotatable bonds is 5. The second-order valence-electron chi connectivity index (χ2n) is 4.31. The summed E-state index contributed by atoms with van der Waals surface area (Å²) < 4.78 is 7.01. The summed E-state index contributed by atoms with van der Waals surface area (Å²) in [7, 11) is 1.73. The second-order valence-corrected chi connectivity index (χ2v) is 4.31. The van der Waals surface area contributed by atoms with Gasteiger partial charge >= 0.3 is 0 Å². The lowest BCUT2D eigenvalue weighted by Crippen LogP contribution is -2.05. The lowest BCUT2D eigenvalue weighted by molar-refractivity contribution is 0.219. The SMILES string of the molecule is CCCOc1cncc(C(O)c2cnn(C)c2N)c1. The third kappa shape index (κ3) is 2.85. The van der Waals surface area contributed by atoms with Crippen LogP contribution in [0, 0.1) is 0 Å². The summed E-state index contributed by atoms with van der Waals surface area (Å²) in [6, 6.07) is 1.76. The molecule has 6 heteroatoms. The van der Waals surface area contributed by atoms with Crippen LogP contribution in [0.1, 0.15) is 30.6 Å². The number of ether oxygens (including phenoxy) is 1. The Morgan fingerprint density at radius 1 is 1.42 bits per heavy atom. The first-order chi connectivity index (χ1) is 9.13. The van der Waals surface area contributed by atoms with Gasteiger partial charge in [0.1, 0.15) is 17.7 Å². The number of pyridine rings is 1. The molecule has 2 aromatic rings. The van der Waals surface area contributed by atoms with Crippen LogP contribution in [0.25, 0.3) is 0 Å². The molecule has 0 aliphatic rings. The zero-order chi connectivity index (χ0) is 13.8. The maximum Gasteiger partial charge on any atom is 0.137 e. The molecule has 1 unspecified atom stereocenters. The van der Waals surface area contributed by atoms with Crippen molar-refractivity contribution in [1.82, 2.24) is 14.8 Å². The molecule has 0 aromatic carbocycles. The number of nitrogens with zero attached hydrogens (tertiary/aromatic N) is 3. The minimum Gasteiger partial charge on any atom is -0.492 e. The number of nitrogen functional groups attached to an aromatic ring is 1. The van der Waals surface area contributed by atoms with Crippen molar-refractivity contribution in [2.45, 2.75) is 19.4 Å². The van der Waals surface area contributed by atoms with Gasteiger partial charge in [0.25, 0.3) is 0 Å². The quantitative estimate of drug-likeness (QED) is 0.847. The summed E-state index contributed by atoms with van der Waals surface area (Å²) in [4.78, 5) is 4.07. The Kier molecular flexibility index (Phi) is 4.01. The number of aryl methyl sites for hydroxylation is 1. The Morgan fingerprint density at radius 3 is 2.84 bits per heavy atom. The van der Waals surface area contributed by atoms with Crippen molar-refractivity contribution < 1.29 is 9.84 Å². The van der Waals surface area contributed by atoms with Crippen LogP contribution in [0.15, 0.2) is 24.7 Å². The van der Waals surface area contributed by atoms with E-state index in [1.807, 2.05) is 6.92 Å². The van der Waals surface area contributed by atoms with E-state index in [9.17, 15) is 5.11 Å². The molecule has 0 bridgehead atoms. The van der Waals surface area contributed by atoms with E-state index in [-0.39, 0.29) is 0 Å². The van der Waals surface area contributed by atoms with Crippen molar-refractivity contribution in [3.8, 4) is 5.75 Å². The molecule has 2 heterocycles. The molecule has 19 heavy (non-hydrogen) atoms. The molecule has 6 nitrogen and oxygen atoms in total. The summed E-state index contributed by atoms with van der Waals surface area (Å²) in [5, 5.41) is 14.3. The molecule has 0 saturated heterocycles. The van der Waals surface area contributed by atoms with Gasteiger partial charge in [0.05, 0.1) is 19.0 Å². The largest absolute Gasteiger partial charge is 0.492 e. The number of hydrogen-bond donors (Lipinski definition) is 2. The topological polar surface area (TPSA) is 86.2 Å². The summed E-state index contributed by atoms with van der Waals surface area (Å²) in [5.74, 6) is 1.08. The Bertz CT molecular complexity index is 553. The molecule has 0 aliphatic heterocycles. The Morgan fingerprint density at radius 2 is 2.21 bits per heavy atom. The van der Waals surface area contributed by atoms with E-state index in [1.54, 1.807) is 31.7 Å². The van der Waals surface area contributed by atoms with E-state index in [2.05, 4.69) is 10.1 Å². The maximum absolute atomic E-state index is 10.3. The van der Waals surface area contributed by atoms with E-state index < -0.39 is 6.10 Å². The highest BCUT2D eigenvalue weighted by Gasteiger charge is 2.17. The summed E-state index contributed by atoms with van der Waals surface area (Å²) in [6.45, 7) is 2.65. The molecule has 0 saturated carbocycles. The Balaban J connectivity index is 2.23. The number of hydrogen-bond acceptors (Lipinski definition) is 5. The van der Waals surface area contributed by atoms with E-state index in [4.69, 9.17) is 10.5 Å². The average Bonchev–Trinajstić information content (AvgIpc) is 2.76. The number of aliphatic hydroxyl groups is 1. The lowest BCUT2D eigenvalue weighted by Gasteiger charge is -2.12. The van der Waals surface area contributed by atoms with Gasteiger partial charge in [-0.25, -0.2) is 0 Å². The highest BCUT2D eigenvalue weighted by atomic mass is 16.5.